The van der Waals surface area contributed by atoms with E-state index in [-0.39, 0.29) is 5.92 Å². The second-order valence-electron chi connectivity index (χ2n) is 7.24. The van der Waals surface area contributed by atoms with Crippen LogP contribution in [0.3, 0.4) is 0 Å². The van der Waals surface area contributed by atoms with E-state index in [1.807, 2.05) is 6.08 Å². The fourth-order valence-corrected chi connectivity index (χ4v) is 3.44. The SMILES string of the molecule is C=Cc1ccccc1C(c1ccc(N(C)C)cc1)c1ccc(N(C)C)cc1. The molecule has 0 fully saturated rings. The molecule has 0 bridgehead atoms. The predicted molar refractivity (Wildman–Crippen MR) is 119 cm³/mol. The third-order valence-corrected chi connectivity index (χ3v) is 5.01. The first-order valence-corrected chi connectivity index (χ1v) is 9.27. The molecule has 0 aromatic heterocycles. The molecule has 0 saturated carbocycles. The van der Waals surface area contributed by atoms with Crippen molar-refractivity contribution in [1.29, 1.82) is 0 Å². The Hall–Kier alpha value is -3.00. The number of benzene rings is 3. The lowest BCUT2D eigenvalue weighted by Crippen LogP contribution is -2.10. The molecule has 0 aliphatic heterocycles. The molecule has 0 N–H and O–H groups in total. The summed E-state index contributed by atoms with van der Waals surface area (Å²) in [5.41, 5.74) is 7.44. The average molecular weight is 357 g/mol. The Balaban J connectivity index is 2.12. The van der Waals surface area contributed by atoms with E-state index in [1.165, 1.54) is 33.6 Å². The summed E-state index contributed by atoms with van der Waals surface area (Å²) in [5.74, 6) is 0.173. The van der Waals surface area contributed by atoms with E-state index in [1.54, 1.807) is 0 Å². The molecule has 3 aromatic rings. The maximum atomic E-state index is 4.02. The smallest absolute Gasteiger partial charge is 0.0361 e. The van der Waals surface area contributed by atoms with Gasteiger partial charge in [0, 0.05) is 45.5 Å². The van der Waals surface area contributed by atoms with Crippen molar-refractivity contribution in [2.45, 2.75) is 5.92 Å². The molecule has 2 nitrogen and oxygen atoms in total. The Morgan fingerprint density at radius 2 is 1.11 bits per heavy atom. The zero-order valence-electron chi connectivity index (χ0n) is 16.7. The Labute approximate surface area is 163 Å². The molecule has 0 radical (unpaired) electrons. The quantitative estimate of drug-likeness (QED) is 0.527. The summed E-state index contributed by atoms with van der Waals surface area (Å²) in [4.78, 5) is 4.25. The number of anilines is 2. The van der Waals surface area contributed by atoms with Gasteiger partial charge in [0.05, 0.1) is 0 Å². The lowest BCUT2D eigenvalue weighted by Gasteiger charge is -2.23. The van der Waals surface area contributed by atoms with Gasteiger partial charge in [-0.25, -0.2) is 0 Å². The van der Waals surface area contributed by atoms with Crippen LogP contribution in [0.1, 0.15) is 28.2 Å². The predicted octanol–water partition coefficient (Wildman–Crippen LogP) is 5.64. The van der Waals surface area contributed by atoms with E-state index in [9.17, 15) is 0 Å². The Morgan fingerprint density at radius 3 is 1.52 bits per heavy atom. The van der Waals surface area contributed by atoms with Crippen LogP contribution in [0.15, 0.2) is 79.4 Å². The normalized spacial score (nSPS) is 10.7. The first-order chi connectivity index (χ1) is 13.0. The molecular formula is C25H28N2. The first kappa shape index (κ1) is 18.8. The Kier molecular flexibility index (Phi) is 5.66. The van der Waals surface area contributed by atoms with Crippen molar-refractivity contribution in [3.63, 3.8) is 0 Å². The van der Waals surface area contributed by atoms with Crippen LogP contribution in [-0.4, -0.2) is 28.2 Å². The lowest BCUT2D eigenvalue weighted by atomic mass is 9.82. The summed E-state index contributed by atoms with van der Waals surface area (Å²) in [7, 11) is 8.28. The molecule has 0 unspecified atom stereocenters. The summed E-state index contributed by atoms with van der Waals surface area (Å²) in [5, 5.41) is 0. The molecule has 3 aromatic carbocycles. The molecule has 0 aliphatic rings. The summed E-state index contributed by atoms with van der Waals surface area (Å²) in [6, 6.07) is 26.2. The molecule has 0 aliphatic carbocycles. The highest BCUT2D eigenvalue weighted by Crippen LogP contribution is 2.35. The highest BCUT2D eigenvalue weighted by Gasteiger charge is 2.19. The molecule has 138 valence electrons. The van der Waals surface area contributed by atoms with Gasteiger partial charge in [-0.2, -0.15) is 0 Å². The van der Waals surface area contributed by atoms with Crippen LogP contribution in [0.2, 0.25) is 0 Å². The Bertz CT molecular complexity index is 839. The van der Waals surface area contributed by atoms with Crippen molar-refractivity contribution >= 4 is 17.5 Å². The number of hydrogen-bond donors (Lipinski definition) is 0. The van der Waals surface area contributed by atoms with Gasteiger partial charge in [-0.3, -0.25) is 0 Å². The third kappa shape index (κ3) is 4.06. The van der Waals surface area contributed by atoms with E-state index >= 15 is 0 Å². The monoisotopic (exact) mass is 356 g/mol. The summed E-state index contributed by atoms with van der Waals surface area (Å²) >= 11 is 0. The topological polar surface area (TPSA) is 6.48 Å². The number of hydrogen-bond acceptors (Lipinski definition) is 2. The molecule has 0 spiro atoms. The van der Waals surface area contributed by atoms with Crippen molar-refractivity contribution in [3.8, 4) is 0 Å². The standard InChI is InChI=1S/C25H28N2/c1-6-19-9-7-8-10-24(19)25(20-11-15-22(16-12-20)26(2)3)21-13-17-23(18-14-21)27(4)5/h6-18,25H,1H2,2-5H3. The van der Waals surface area contributed by atoms with Gasteiger partial charge in [-0.1, -0.05) is 61.2 Å². The van der Waals surface area contributed by atoms with Crippen LogP contribution < -0.4 is 9.80 Å². The highest BCUT2D eigenvalue weighted by atomic mass is 15.1. The minimum atomic E-state index is 0.173. The molecule has 0 atom stereocenters. The fraction of sp³-hybridized carbons (Fsp3) is 0.200. The van der Waals surface area contributed by atoms with Crippen LogP contribution in [0.25, 0.3) is 6.08 Å². The van der Waals surface area contributed by atoms with Crippen LogP contribution in [-0.2, 0) is 0 Å². The van der Waals surface area contributed by atoms with E-state index in [2.05, 4.69) is 117 Å². The Morgan fingerprint density at radius 1 is 0.667 bits per heavy atom. The fourth-order valence-electron chi connectivity index (χ4n) is 3.44. The van der Waals surface area contributed by atoms with Crippen molar-refractivity contribution in [2.24, 2.45) is 0 Å². The maximum absolute atomic E-state index is 4.02. The van der Waals surface area contributed by atoms with Gasteiger partial charge in [0.1, 0.15) is 0 Å². The van der Waals surface area contributed by atoms with Gasteiger partial charge in [-0.05, 0) is 46.5 Å². The van der Waals surface area contributed by atoms with Crippen molar-refractivity contribution < 1.29 is 0 Å². The molecule has 0 saturated heterocycles. The zero-order chi connectivity index (χ0) is 19.4. The molecule has 0 amide bonds. The molecular weight excluding hydrogens is 328 g/mol. The second kappa shape index (κ2) is 8.13. The minimum absolute atomic E-state index is 0.173. The van der Waals surface area contributed by atoms with Gasteiger partial charge in [-0.15, -0.1) is 0 Å². The van der Waals surface area contributed by atoms with Crippen LogP contribution >= 0.6 is 0 Å². The van der Waals surface area contributed by atoms with Crippen molar-refractivity contribution in [1.82, 2.24) is 0 Å². The summed E-state index contributed by atoms with van der Waals surface area (Å²) in [6.07, 6.45) is 1.95. The van der Waals surface area contributed by atoms with E-state index in [0.29, 0.717) is 0 Å². The second-order valence-corrected chi connectivity index (χ2v) is 7.24. The summed E-state index contributed by atoms with van der Waals surface area (Å²) in [6.45, 7) is 4.02. The summed E-state index contributed by atoms with van der Waals surface area (Å²) < 4.78 is 0. The molecule has 2 heteroatoms. The largest absolute Gasteiger partial charge is 0.378 e. The minimum Gasteiger partial charge on any atom is -0.378 e. The first-order valence-electron chi connectivity index (χ1n) is 9.27. The van der Waals surface area contributed by atoms with Gasteiger partial charge in [0.2, 0.25) is 0 Å². The van der Waals surface area contributed by atoms with Gasteiger partial charge in [0.15, 0.2) is 0 Å². The lowest BCUT2D eigenvalue weighted by molar-refractivity contribution is 0.970. The number of rotatable bonds is 6. The highest BCUT2D eigenvalue weighted by molar-refractivity contribution is 5.59. The van der Waals surface area contributed by atoms with Crippen molar-refractivity contribution in [2.75, 3.05) is 38.0 Å². The van der Waals surface area contributed by atoms with E-state index < -0.39 is 0 Å². The maximum Gasteiger partial charge on any atom is 0.0361 e. The zero-order valence-corrected chi connectivity index (χ0v) is 16.7. The van der Waals surface area contributed by atoms with Gasteiger partial charge >= 0.3 is 0 Å². The van der Waals surface area contributed by atoms with Gasteiger partial charge in [0.25, 0.3) is 0 Å². The van der Waals surface area contributed by atoms with Crippen molar-refractivity contribution in [3.05, 3.63) is 102 Å². The molecule has 0 heterocycles. The van der Waals surface area contributed by atoms with Crippen LogP contribution in [0, 0.1) is 0 Å². The average Bonchev–Trinajstić information content (AvgIpc) is 2.69. The number of nitrogens with zero attached hydrogens (tertiary/aromatic N) is 2. The van der Waals surface area contributed by atoms with Gasteiger partial charge < -0.3 is 9.80 Å². The third-order valence-electron chi connectivity index (χ3n) is 5.01. The van der Waals surface area contributed by atoms with Crippen LogP contribution in [0.5, 0.6) is 0 Å². The molecule has 27 heavy (non-hydrogen) atoms. The molecule has 3 rings (SSSR count). The van der Waals surface area contributed by atoms with E-state index in [4.69, 9.17) is 0 Å². The van der Waals surface area contributed by atoms with E-state index in [0.717, 1.165) is 0 Å². The van der Waals surface area contributed by atoms with Crippen LogP contribution in [0.4, 0.5) is 11.4 Å².